The number of hydrogen-bond donors (Lipinski definition) is 3. The minimum atomic E-state index is -4.37. The van der Waals surface area contributed by atoms with E-state index in [0.717, 1.165) is 89.9 Å². The van der Waals surface area contributed by atoms with Gasteiger partial charge in [-0.2, -0.15) is 0 Å². The summed E-state index contributed by atoms with van der Waals surface area (Å²) in [5, 5.41) is 14.0. The quantitative estimate of drug-likeness (QED) is 0.0243. The van der Waals surface area contributed by atoms with Gasteiger partial charge in [0.05, 0.1) is 39.9 Å². The lowest BCUT2D eigenvalue weighted by Gasteiger charge is -2.25. The first-order chi connectivity index (χ1) is 46.0. The van der Waals surface area contributed by atoms with Crippen molar-refractivity contribution in [1.82, 2.24) is 5.32 Å². The number of likely N-dealkylation sites (N-methyl/N-ethyl adjacent to an activating group) is 1. The first-order valence-electron chi connectivity index (χ1n) is 39.9. The highest BCUT2D eigenvalue weighted by Gasteiger charge is 2.28. The van der Waals surface area contributed by atoms with Crippen molar-refractivity contribution in [2.24, 2.45) is 0 Å². The van der Waals surface area contributed by atoms with Crippen LogP contribution in [0.25, 0.3) is 0 Å². The molecule has 0 heterocycles. The number of phosphoric ester groups is 1. The van der Waals surface area contributed by atoms with Gasteiger partial charge in [-0.25, -0.2) is 4.57 Å². The van der Waals surface area contributed by atoms with Crippen LogP contribution in [0.5, 0.6) is 0 Å². The van der Waals surface area contributed by atoms with Crippen molar-refractivity contribution in [1.29, 1.82) is 0 Å². The van der Waals surface area contributed by atoms with Gasteiger partial charge in [0.2, 0.25) is 5.91 Å². The highest BCUT2D eigenvalue weighted by atomic mass is 31.2. The summed E-state index contributed by atoms with van der Waals surface area (Å²) in [5.41, 5.74) is 0. The molecule has 0 saturated heterocycles. The Bertz CT molecular complexity index is 1960. The molecule has 9 heteroatoms. The smallest absolute Gasteiger partial charge is 0.387 e. The zero-order chi connectivity index (χ0) is 68.3. The summed E-state index contributed by atoms with van der Waals surface area (Å²) < 4.78 is 23.9. The maximum atomic E-state index is 13.1. The monoisotopic (exact) mass is 1330 g/mol. The van der Waals surface area contributed by atoms with E-state index in [1.165, 1.54) is 250 Å². The van der Waals surface area contributed by atoms with Crippen molar-refractivity contribution < 1.29 is 32.9 Å². The average molecular weight is 1330 g/mol. The van der Waals surface area contributed by atoms with Gasteiger partial charge in [-0.1, -0.05) is 379 Å². The predicted octanol–water partition coefficient (Wildman–Crippen LogP) is 26.3. The molecule has 0 aromatic carbocycles. The van der Waals surface area contributed by atoms with Crippen LogP contribution in [0.15, 0.2) is 122 Å². The first kappa shape index (κ1) is 90.9. The molecule has 0 aromatic heterocycles. The third-order valence-corrected chi connectivity index (χ3v) is 18.6. The SMILES string of the molecule is CC/C=C\C/C=C\C/C=C\C/C=C\C/C=C\C/C=C\C/C=C\C/C=C\CCCCCCCCCCCCCCCCCCC(=O)NC(COP(=O)(O)OCC[N+](C)(C)C)C(O)/C=C/CC/C=C/CCCCCCCCCCCCCCCCCCCCCCCCCCC. The molecule has 0 radical (unpaired) electrons. The number of allylic oxidation sites excluding steroid dienone is 19. The Balaban J connectivity index is 4.03. The van der Waals surface area contributed by atoms with E-state index in [4.69, 9.17) is 9.05 Å². The standard InChI is InChI=1S/C85H153N2O6P/c1-6-8-10-12-14-16-18-20-22-24-26-28-30-32-34-36-38-39-40-41-42-43-44-45-46-47-49-51-53-55-57-59-61-63-65-67-69-71-73-75-77-79-85(89)86-83(82-93-94(90,91)92-81-80-87(3,4)5)84(88)78-76-74-72-70-68-66-64-62-60-58-56-54-52-50-48-37-35-33-31-29-27-25-23-21-19-17-15-13-11-9-7-2/h8,10,14,16,20,22,26,28,32,34,38-39,41-42,44-45,68,70,76,78,83-84,88H,6-7,9,11-13,15,17-19,21,23-25,27,29-31,33,35-37,40,43,46-67,69,71-75,77,79-82H2,1-5H3,(H-,86,89,90,91)/p+1/b10-8-,16-14-,22-20-,28-26-,34-32-,39-38-,42-41-,45-44-,70-68+,78-76+. The molecule has 94 heavy (non-hydrogen) atoms. The van der Waals surface area contributed by atoms with E-state index in [-0.39, 0.29) is 19.1 Å². The number of rotatable bonds is 73. The second kappa shape index (κ2) is 74.1. The molecule has 8 nitrogen and oxygen atoms in total. The van der Waals surface area contributed by atoms with Gasteiger partial charge < -0.3 is 19.8 Å². The molecule has 1 amide bonds. The Morgan fingerprint density at radius 3 is 0.979 bits per heavy atom. The number of unbranched alkanes of at least 4 members (excludes halogenated alkanes) is 42. The van der Waals surface area contributed by atoms with E-state index in [2.05, 4.69) is 129 Å². The Kier molecular flexibility index (Phi) is 71.7. The maximum absolute atomic E-state index is 13.1. The number of hydrogen-bond acceptors (Lipinski definition) is 5. The number of quaternary nitrogens is 1. The van der Waals surface area contributed by atoms with Gasteiger partial charge in [0.1, 0.15) is 13.2 Å². The molecule has 544 valence electrons. The second-order valence-electron chi connectivity index (χ2n) is 28.1. The van der Waals surface area contributed by atoms with Crippen LogP contribution in [0.1, 0.15) is 361 Å². The Labute approximate surface area is 584 Å². The average Bonchev–Trinajstić information content (AvgIpc) is 1.77. The van der Waals surface area contributed by atoms with Gasteiger partial charge in [0.15, 0.2) is 0 Å². The molecular formula is C85H154N2O6P+. The highest BCUT2D eigenvalue weighted by Crippen LogP contribution is 2.43. The summed E-state index contributed by atoms with van der Waals surface area (Å²) in [6.07, 6.45) is 111. The molecule has 3 N–H and O–H groups in total. The lowest BCUT2D eigenvalue weighted by Crippen LogP contribution is -2.45. The van der Waals surface area contributed by atoms with Gasteiger partial charge >= 0.3 is 7.82 Å². The summed E-state index contributed by atoms with van der Waals surface area (Å²) >= 11 is 0. The molecule has 0 spiro atoms. The Hall–Kier alpha value is -3.10. The summed E-state index contributed by atoms with van der Waals surface area (Å²) in [4.78, 5) is 23.5. The minimum absolute atomic E-state index is 0.0531. The molecule has 0 aliphatic rings. The second-order valence-corrected chi connectivity index (χ2v) is 29.5. The Morgan fingerprint density at radius 2 is 0.649 bits per heavy atom. The number of carbonyl (C=O) groups is 1. The predicted molar refractivity (Wildman–Crippen MR) is 415 cm³/mol. The van der Waals surface area contributed by atoms with Gasteiger partial charge in [0, 0.05) is 6.42 Å². The third-order valence-electron chi connectivity index (χ3n) is 17.7. The van der Waals surface area contributed by atoms with Gasteiger partial charge in [0.25, 0.3) is 0 Å². The highest BCUT2D eigenvalue weighted by molar-refractivity contribution is 7.47. The van der Waals surface area contributed by atoms with Crippen LogP contribution in [0.2, 0.25) is 0 Å². The summed E-state index contributed by atoms with van der Waals surface area (Å²) in [7, 11) is 1.56. The fourth-order valence-corrected chi connectivity index (χ4v) is 12.3. The lowest BCUT2D eigenvalue weighted by molar-refractivity contribution is -0.870. The molecule has 0 aliphatic heterocycles. The largest absolute Gasteiger partial charge is 0.472 e. The van der Waals surface area contributed by atoms with E-state index >= 15 is 0 Å². The fraction of sp³-hybridized carbons (Fsp3) is 0.753. The van der Waals surface area contributed by atoms with Crippen LogP contribution in [-0.2, 0) is 18.4 Å². The zero-order valence-electron chi connectivity index (χ0n) is 62.4. The zero-order valence-corrected chi connectivity index (χ0v) is 63.3. The van der Waals surface area contributed by atoms with E-state index in [1.807, 2.05) is 27.2 Å². The van der Waals surface area contributed by atoms with Crippen molar-refractivity contribution in [3.05, 3.63) is 122 Å². The van der Waals surface area contributed by atoms with E-state index in [0.29, 0.717) is 17.4 Å². The van der Waals surface area contributed by atoms with Crippen molar-refractivity contribution in [3.8, 4) is 0 Å². The van der Waals surface area contributed by atoms with Crippen molar-refractivity contribution in [3.63, 3.8) is 0 Å². The van der Waals surface area contributed by atoms with E-state index in [1.54, 1.807) is 6.08 Å². The van der Waals surface area contributed by atoms with Crippen LogP contribution in [-0.4, -0.2) is 73.4 Å². The molecule has 0 aliphatic carbocycles. The van der Waals surface area contributed by atoms with Crippen LogP contribution in [0.3, 0.4) is 0 Å². The van der Waals surface area contributed by atoms with Crippen molar-refractivity contribution in [2.75, 3.05) is 40.9 Å². The van der Waals surface area contributed by atoms with Crippen molar-refractivity contribution >= 4 is 13.7 Å². The molecule has 0 rings (SSSR count). The molecule has 3 unspecified atom stereocenters. The molecule has 0 aromatic rings. The fourth-order valence-electron chi connectivity index (χ4n) is 11.5. The topological polar surface area (TPSA) is 105 Å². The van der Waals surface area contributed by atoms with Gasteiger partial charge in [-0.15, -0.1) is 0 Å². The number of nitrogens with one attached hydrogen (secondary N) is 1. The van der Waals surface area contributed by atoms with Crippen LogP contribution in [0.4, 0.5) is 0 Å². The normalized spacial score (nSPS) is 14.2. The summed E-state index contributed by atoms with van der Waals surface area (Å²) in [6.45, 7) is 4.72. The number of nitrogens with zero attached hydrogens (tertiary/aromatic N) is 1. The first-order valence-corrected chi connectivity index (χ1v) is 41.4. The third kappa shape index (κ3) is 76.3. The van der Waals surface area contributed by atoms with Gasteiger partial charge in [-0.05, 0) is 96.3 Å². The lowest BCUT2D eigenvalue weighted by atomic mass is 10.0. The van der Waals surface area contributed by atoms with E-state index < -0.39 is 20.0 Å². The number of aliphatic hydroxyl groups is 1. The molecular weight excluding hydrogens is 1180 g/mol. The molecule has 0 saturated carbocycles. The van der Waals surface area contributed by atoms with E-state index in [9.17, 15) is 19.4 Å². The summed E-state index contributed by atoms with van der Waals surface area (Å²) in [6, 6.07) is -0.872. The Morgan fingerprint density at radius 1 is 0.372 bits per heavy atom. The van der Waals surface area contributed by atoms with Crippen LogP contribution >= 0.6 is 7.82 Å². The number of amides is 1. The van der Waals surface area contributed by atoms with Crippen molar-refractivity contribution in [2.45, 2.75) is 373 Å². The maximum Gasteiger partial charge on any atom is 0.472 e. The minimum Gasteiger partial charge on any atom is -0.387 e. The van der Waals surface area contributed by atoms with Crippen LogP contribution in [0, 0.1) is 0 Å². The van der Waals surface area contributed by atoms with Crippen LogP contribution < -0.4 is 5.32 Å². The number of aliphatic hydroxyl groups excluding tert-OH is 1. The number of phosphoric acid groups is 1. The van der Waals surface area contributed by atoms with Gasteiger partial charge in [-0.3, -0.25) is 13.8 Å². The molecule has 0 fully saturated rings. The molecule has 3 atom stereocenters. The number of carbonyl (C=O) groups excluding carboxylic acids is 1. The molecule has 0 bridgehead atoms. The summed E-state index contributed by atoms with van der Waals surface area (Å²) in [5.74, 6) is -0.185.